The molecule has 0 aliphatic carbocycles. The second-order valence-corrected chi connectivity index (χ2v) is 5.78. The first kappa shape index (κ1) is 20.0. The summed E-state index contributed by atoms with van der Waals surface area (Å²) in [6, 6.07) is 7.74. The lowest BCUT2D eigenvalue weighted by molar-refractivity contribution is 0.0963. The van der Waals surface area contributed by atoms with Crippen LogP contribution in [0.15, 0.2) is 29.3 Å². The molecule has 1 aromatic rings. The SMILES string of the molecule is CCCCCCN=C(NCC)NCCc1cccc(C(=O)NC)c1. The third-order valence-corrected chi connectivity index (χ3v) is 3.75. The van der Waals surface area contributed by atoms with Gasteiger partial charge in [0.05, 0.1) is 0 Å². The van der Waals surface area contributed by atoms with Gasteiger partial charge in [-0.15, -0.1) is 0 Å². The van der Waals surface area contributed by atoms with E-state index in [2.05, 4.69) is 34.8 Å². The van der Waals surface area contributed by atoms with Crippen LogP contribution in [0.5, 0.6) is 0 Å². The average Bonchev–Trinajstić information content (AvgIpc) is 2.61. The largest absolute Gasteiger partial charge is 0.357 e. The van der Waals surface area contributed by atoms with E-state index >= 15 is 0 Å². The summed E-state index contributed by atoms with van der Waals surface area (Å²) in [5.74, 6) is 0.822. The summed E-state index contributed by atoms with van der Waals surface area (Å²) in [6.07, 6.45) is 5.76. The van der Waals surface area contributed by atoms with Crippen LogP contribution < -0.4 is 16.0 Å². The maximum Gasteiger partial charge on any atom is 0.251 e. The van der Waals surface area contributed by atoms with Crippen molar-refractivity contribution < 1.29 is 4.79 Å². The number of hydrogen-bond acceptors (Lipinski definition) is 2. The summed E-state index contributed by atoms with van der Waals surface area (Å²) < 4.78 is 0. The first-order valence-electron chi connectivity index (χ1n) is 9.04. The van der Waals surface area contributed by atoms with E-state index in [9.17, 15) is 4.79 Å². The van der Waals surface area contributed by atoms with Crippen LogP contribution in [0.3, 0.4) is 0 Å². The number of nitrogens with one attached hydrogen (secondary N) is 3. The Labute approximate surface area is 146 Å². The lowest BCUT2D eigenvalue weighted by atomic mass is 10.1. The van der Waals surface area contributed by atoms with Crippen molar-refractivity contribution in [2.45, 2.75) is 46.0 Å². The third kappa shape index (κ3) is 7.99. The van der Waals surface area contributed by atoms with Gasteiger partial charge in [0.15, 0.2) is 5.96 Å². The van der Waals surface area contributed by atoms with E-state index in [0.29, 0.717) is 5.56 Å². The molecule has 134 valence electrons. The molecule has 3 N–H and O–H groups in total. The van der Waals surface area contributed by atoms with Crippen molar-refractivity contribution in [1.82, 2.24) is 16.0 Å². The Hall–Kier alpha value is -2.04. The normalized spacial score (nSPS) is 11.2. The molecule has 5 heteroatoms. The molecule has 5 nitrogen and oxygen atoms in total. The highest BCUT2D eigenvalue weighted by molar-refractivity contribution is 5.94. The number of nitrogens with zero attached hydrogens (tertiary/aromatic N) is 1. The second-order valence-electron chi connectivity index (χ2n) is 5.78. The van der Waals surface area contributed by atoms with Crippen LogP contribution >= 0.6 is 0 Å². The quantitative estimate of drug-likeness (QED) is 0.351. The van der Waals surface area contributed by atoms with Crippen molar-refractivity contribution >= 4 is 11.9 Å². The average molecular weight is 332 g/mol. The molecule has 0 saturated carbocycles. The minimum atomic E-state index is -0.0493. The molecule has 0 saturated heterocycles. The number of guanidine groups is 1. The van der Waals surface area contributed by atoms with Gasteiger partial charge in [-0.25, -0.2) is 0 Å². The van der Waals surface area contributed by atoms with Gasteiger partial charge in [-0.1, -0.05) is 38.3 Å². The zero-order valence-corrected chi connectivity index (χ0v) is 15.3. The lowest BCUT2D eigenvalue weighted by Gasteiger charge is -2.11. The Morgan fingerprint density at radius 3 is 2.67 bits per heavy atom. The van der Waals surface area contributed by atoms with E-state index in [1.807, 2.05) is 24.3 Å². The molecule has 0 aliphatic heterocycles. The molecule has 0 unspecified atom stereocenters. The van der Waals surface area contributed by atoms with Gasteiger partial charge in [-0.05, 0) is 37.5 Å². The fraction of sp³-hybridized carbons (Fsp3) is 0.579. The van der Waals surface area contributed by atoms with Gasteiger partial charge in [0.1, 0.15) is 0 Å². The molecular weight excluding hydrogens is 300 g/mol. The Kier molecular flexibility index (Phi) is 10.3. The van der Waals surface area contributed by atoms with Gasteiger partial charge in [0.25, 0.3) is 5.91 Å². The minimum absolute atomic E-state index is 0.0493. The van der Waals surface area contributed by atoms with Crippen LogP contribution in [-0.2, 0) is 6.42 Å². The van der Waals surface area contributed by atoms with Crippen LogP contribution in [0.2, 0.25) is 0 Å². The molecule has 1 aromatic carbocycles. The molecule has 0 spiro atoms. The minimum Gasteiger partial charge on any atom is -0.357 e. The van der Waals surface area contributed by atoms with Gasteiger partial charge in [0, 0.05) is 32.2 Å². The molecule has 0 bridgehead atoms. The maximum absolute atomic E-state index is 11.7. The van der Waals surface area contributed by atoms with Gasteiger partial charge >= 0.3 is 0 Å². The highest BCUT2D eigenvalue weighted by atomic mass is 16.1. The van der Waals surface area contributed by atoms with Crippen molar-refractivity contribution in [1.29, 1.82) is 0 Å². The highest BCUT2D eigenvalue weighted by Gasteiger charge is 2.04. The summed E-state index contributed by atoms with van der Waals surface area (Å²) in [7, 11) is 1.65. The Morgan fingerprint density at radius 2 is 1.96 bits per heavy atom. The van der Waals surface area contributed by atoms with Crippen molar-refractivity contribution in [3.8, 4) is 0 Å². The van der Waals surface area contributed by atoms with Gasteiger partial charge in [-0.2, -0.15) is 0 Å². The summed E-state index contributed by atoms with van der Waals surface area (Å²) in [6.45, 7) is 6.79. The maximum atomic E-state index is 11.7. The number of carbonyl (C=O) groups is 1. The monoisotopic (exact) mass is 332 g/mol. The molecule has 1 amide bonds. The second kappa shape index (κ2) is 12.4. The van der Waals surface area contributed by atoms with E-state index in [0.717, 1.165) is 44.0 Å². The highest BCUT2D eigenvalue weighted by Crippen LogP contribution is 2.05. The van der Waals surface area contributed by atoms with E-state index < -0.39 is 0 Å². The molecular formula is C19H32N4O. The van der Waals surface area contributed by atoms with E-state index in [4.69, 9.17) is 0 Å². The van der Waals surface area contributed by atoms with Gasteiger partial charge in [-0.3, -0.25) is 9.79 Å². The summed E-state index contributed by atoms with van der Waals surface area (Å²) >= 11 is 0. The summed E-state index contributed by atoms with van der Waals surface area (Å²) in [5.41, 5.74) is 1.84. The van der Waals surface area contributed by atoms with Crippen LogP contribution in [0.1, 0.15) is 55.5 Å². The van der Waals surface area contributed by atoms with Crippen molar-refractivity contribution in [3.63, 3.8) is 0 Å². The fourth-order valence-corrected chi connectivity index (χ4v) is 2.41. The number of hydrogen-bond donors (Lipinski definition) is 3. The van der Waals surface area contributed by atoms with E-state index in [1.165, 1.54) is 19.3 Å². The predicted octanol–water partition coefficient (Wildman–Crippen LogP) is 2.72. The van der Waals surface area contributed by atoms with Crippen molar-refractivity contribution in [3.05, 3.63) is 35.4 Å². The molecule has 1 rings (SSSR count). The number of amides is 1. The number of benzene rings is 1. The zero-order chi connectivity index (χ0) is 17.6. The smallest absolute Gasteiger partial charge is 0.251 e. The number of rotatable bonds is 10. The molecule has 0 aliphatic rings. The van der Waals surface area contributed by atoms with Crippen LogP contribution in [0.4, 0.5) is 0 Å². The first-order chi connectivity index (χ1) is 11.7. The number of aliphatic imine (C=N–C) groups is 1. The zero-order valence-electron chi connectivity index (χ0n) is 15.3. The topological polar surface area (TPSA) is 65.5 Å². The van der Waals surface area contributed by atoms with E-state index in [-0.39, 0.29) is 5.91 Å². The standard InChI is InChI=1S/C19H32N4O/c1-4-6-7-8-13-22-19(21-5-2)23-14-12-16-10-9-11-17(15-16)18(24)20-3/h9-11,15H,4-8,12-14H2,1-3H3,(H,20,24)(H2,21,22,23). The first-order valence-corrected chi connectivity index (χ1v) is 9.04. The summed E-state index contributed by atoms with van der Waals surface area (Å²) in [5, 5.41) is 9.29. The van der Waals surface area contributed by atoms with Gasteiger partial charge in [0.2, 0.25) is 0 Å². The summed E-state index contributed by atoms with van der Waals surface area (Å²) in [4.78, 5) is 16.3. The number of unbranched alkanes of at least 4 members (excludes halogenated alkanes) is 3. The van der Waals surface area contributed by atoms with E-state index in [1.54, 1.807) is 7.05 Å². The number of carbonyl (C=O) groups excluding carboxylic acids is 1. The third-order valence-electron chi connectivity index (χ3n) is 3.75. The Morgan fingerprint density at radius 1 is 1.12 bits per heavy atom. The van der Waals surface area contributed by atoms with Crippen LogP contribution in [0, 0.1) is 0 Å². The molecule has 0 aromatic heterocycles. The Balaban J connectivity index is 2.44. The van der Waals surface area contributed by atoms with Crippen LogP contribution in [0.25, 0.3) is 0 Å². The Bertz CT molecular complexity index is 514. The predicted molar refractivity (Wildman–Crippen MR) is 102 cm³/mol. The molecule has 24 heavy (non-hydrogen) atoms. The van der Waals surface area contributed by atoms with Crippen LogP contribution in [-0.4, -0.2) is 38.5 Å². The lowest BCUT2D eigenvalue weighted by Crippen LogP contribution is -2.38. The van der Waals surface area contributed by atoms with Crippen molar-refractivity contribution in [2.75, 3.05) is 26.7 Å². The fourth-order valence-electron chi connectivity index (χ4n) is 2.41. The van der Waals surface area contributed by atoms with Gasteiger partial charge < -0.3 is 16.0 Å². The molecule has 0 atom stereocenters. The molecule has 0 fully saturated rings. The molecule has 0 radical (unpaired) electrons. The van der Waals surface area contributed by atoms with Crippen molar-refractivity contribution in [2.24, 2.45) is 4.99 Å². The molecule has 0 heterocycles.